The van der Waals surface area contributed by atoms with Crippen molar-refractivity contribution < 1.29 is 0 Å². The Labute approximate surface area is 94.5 Å². The van der Waals surface area contributed by atoms with E-state index in [9.17, 15) is 0 Å². The summed E-state index contributed by atoms with van der Waals surface area (Å²) in [6, 6.07) is 3.92. The van der Waals surface area contributed by atoms with Crippen LogP contribution in [0, 0.1) is 0 Å². The third-order valence-corrected chi connectivity index (χ3v) is 2.26. The van der Waals surface area contributed by atoms with Crippen LogP contribution < -0.4 is 5.32 Å². The Balaban J connectivity index is 2.00. The monoisotopic (exact) mass is 217 g/mol. The van der Waals surface area contributed by atoms with Gasteiger partial charge < -0.3 is 5.32 Å². The Morgan fingerprint density at radius 3 is 2.94 bits per heavy atom. The van der Waals surface area contributed by atoms with Crippen LogP contribution in [0.4, 0.5) is 5.69 Å². The molecule has 0 aliphatic heterocycles. The predicted octanol–water partition coefficient (Wildman–Crippen LogP) is 1.87. The number of anilines is 1. The first-order valence-corrected chi connectivity index (χ1v) is 5.45. The molecule has 2 heterocycles. The molecule has 5 heteroatoms. The van der Waals surface area contributed by atoms with Gasteiger partial charge in [-0.05, 0) is 18.6 Å². The maximum Gasteiger partial charge on any atom is 0.155 e. The van der Waals surface area contributed by atoms with E-state index in [-0.39, 0.29) is 0 Å². The van der Waals surface area contributed by atoms with Crippen molar-refractivity contribution in [2.75, 3.05) is 11.9 Å². The Morgan fingerprint density at radius 2 is 2.31 bits per heavy atom. The molecule has 0 atom stereocenters. The van der Waals surface area contributed by atoms with Crippen LogP contribution in [-0.4, -0.2) is 26.3 Å². The van der Waals surface area contributed by atoms with Crippen LogP contribution >= 0.6 is 0 Å². The summed E-state index contributed by atoms with van der Waals surface area (Å²) in [5, 5.41) is 7.32. The van der Waals surface area contributed by atoms with Crippen LogP contribution in [0.15, 0.2) is 31.0 Å². The number of rotatable bonds is 5. The number of hydrogen-bond donors (Lipinski definition) is 1. The molecule has 0 amide bonds. The number of hydrogen-bond acceptors (Lipinski definition) is 4. The van der Waals surface area contributed by atoms with Gasteiger partial charge in [0.2, 0.25) is 0 Å². The first kappa shape index (κ1) is 10.6. The van der Waals surface area contributed by atoms with Crippen molar-refractivity contribution in [2.24, 2.45) is 0 Å². The quantitative estimate of drug-likeness (QED) is 0.777. The Hall–Kier alpha value is -1.91. The van der Waals surface area contributed by atoms with Crippen molar-refractivity contribution in [3.63, 3.8) is 0 Å². The Bertz CT molecular complexity index is 406. The molecule has 2 aromatic rings. The van der Waals surface area contributed by atoms with E-state index in [0.717, 1.165) is 18.1 Å². The van der Waals surface area contributed by atoms with Gasteiger partial charge in [0.1, 0.15) is 12.7 Å². The standard InChI is InChI=1S/C11H15N5/c1-2-3-6-13-10-4-5-11(14-7-10)16-9-12-8-15-16/h4-5,7-9,13H,2-3,6H2,1H3. The molecule has 0 radical (unpaired) electrons. The molecule has 2 rings (SSSR count). The second-order valence-electron chi connectivity index (χ2n) is 3.53. The lowest BCUT2D eigenvalue weighted by Crippen LogP contribution is -2.03. The molecule has 0 aliphatic carbocycles. The lowest BCUT2D eigenvalue weighted by Gasteiger charge is -2.05. The molecule has 16 heavy (non-hydrogen) atoms. The van der Waals surface area contributed by atoms with Gasteiger partial charge >= 0.3 is 0 Å². The predicted molar refractivity (Wildman–Crippen MR) is 62.6 cm³/mol. The Kier molecular flexibility index (Phi) is 3.48. The first-order chi connectivity index (χ1) is 7.90. The van der Waals surface area contributed by atoms with E-state index in [1.807, 2.05) is 18.3 Å². The van der Waals surface area contributed by atoms with Gasteiger partial charge in [0.15, 0.2) is 5.82 Å². The van der Waals surface area contributed by atoms with E-state index in [4.69, 9.17) is 0 Å². The van der Waals surface area contributed by atoms with Gasteiger partial charge in [-0.3, -0.25) is 0 Å². The number of unbranched alkanes of at least 4 members (excludes halogenated alkanes) is 1. The van der Waals surface area contributed by atoms with Crippen LogP contribution in [0.2, 0.25) is 0 Å². The normalized spacial score (nSPS) is 10.3. The molecule has 0 aromatic carbocycles. The molecule has 0 aliphatic rings. The molecule has 2 aromatic heterocycles. The van der Waals surface area contributed by atoms with E-state index >= 15 is 0 Å². The van der Waals surface area contributed by atoms with Crippen LogP contribution in [0.25, 0.3) is 5.82 Å². The minimum Gasteiger partial charge on any atom is -0.384 e. The smallest absolute Gasteiger partial charge is 0.155 e. The summed E-state index contributed by atoms with van der Waals surface area (Å²) in [6.07, 6.45) is 7.30. The van der Waals surface area contributed by atoms with Crippen molar-refractivity contribution in [1.82, 2.24) is 19.7 Å². The minimum absolute atomic E-state index is 0.776. The summed E-state index contributed by atoms with van der Waals surface area (Å²) in [5.74, 6) is 0.776. The van der Waals surface area contributed by atoms with Crippen molar-refractivity contribution in [3.8, 4) is 5.82 Å². The third-order valence-electron chi connectivity index (χ3n) is 2.26. The van der Waals surface area contributed by atoms with E-state index < -0.39 is 0 Å². The number of aromatic nitrogens is 4. The average molecular weight is 217 g/mol. The fourth-order valence-electron chi connectivity index (χ4n) is 1.36. The van der Waals surface area contributed by atoms with Crippen LogP contribution in [0.5, 0.6) is 0 Å². The molecule has 5 nitrogen and oxygen atoms in total. The highest BCUT2D eigenvalue weighted by molar-refractivity contribution is 5.43. The van der Waals surface area contributed by atoms with Crippen LogP contribution in [0.1, 0.15) is 19.8 Å². The highest BCUT2D eigenvalue weighted by Crippen LogP contribution is 2.08. The molecule has 1 N–H and O–H groups in total. The SMILES string of the molecule is CCCCNc1ccc(-n2cncn2)nc1. The van der Waals surface area contributed by atoms with E-state index in [1.54, 1.807) is 11.0 Å². The van der Waals surface area contributed by atoms with Gasteiger partial charge in [-0.15, -0.1) is 0 Å². The van der Waals surface area contributed by atoms with Gasteiger partial charge in [0.05, 0.1) is 11.9 Å². The summed E-state index contributed by atoms with van der Waals surface area (Å²) in [4.78, 5) is 8.18. The minimum atomic E-state index is 0.776. The number of pyridine rings is 1. The van der Waals surface area contributed by atoms with Crippen LogP contribution in [0.3, 0.4) is 0 Å². The maximum absolute atomic E-state index is 4.30. The fraction of sp³-hybridized carbons (Fsp3) is 0.364. The zero-order valence-electron chi connectivity index (χ0n) is 9.30. The van der Waals surface area contributed by atoms with Gasteiger partial charge in [0.25, 0.3) is 0 Å². The van der Waals surface area contributed by atoms with Gasteiger partial charge in [-0.25, -0.2) is 14.6 Å². The number of nitrogens with zero attached hydrogens (tertiary/aromatic N) is 4. The third kappa shape index (κ3) is 2.56. The van der Waals surface area contributed by atoms with Gasteiger partial charge in [-0.1, -0.05) is 13.3 Å². The van der Waals surface area contributed by atoms with Gasteiger partial charge in [-0.2, -0.15) is 5.10 Å². The van der Waals surface area contributed by atoms with E-state index in [2.05, 4.69) is 27.3 Å². The maximum atomic E-state index is 4.30. The van der Waals surface area contributed by atoms with E-state index in [0.29, 0.717) is 0 Å². The molecule has 0 saturated carbocycles. The molecule has 0 bridgehead atoms. The summed E-state index contributed by atoms with van der Waals surface area (Å²) in [7, 11) is 0. The fourth-order valence-corrected chi connectivity index (χ4v) is 1.36. The zero-order valence-corrected chi connectivity index (χ0v) is 9.30. The summed E-state index contributed by atoms with van der Waals surface area (Å²) < 4.78 is 1.63. The molecule has 84 valence electrons. The van der Waals surface area contributed by atoms with E-state index in [1.165, 1.54) is 19.2 Å². The molecule has 0 saturated heterocycles. The van der Waals surface area contributed by atoms with Crippen molar-refractivity contribution >= 4 is 5.69 Å². The number of nitrogens with one attached hydrogen (secondary N) is 1. The zero-order chi connectivity index (χ0) is 11.2. The second kappa shape index (κ2) is 5.25. The summed E-state index contributed by atoms with van der Waals surface area (Å²) >= 11 is 0. The molecule has 0 spiro atoms. The van der Waals surface area contributed by atoms with Gasteiger partial charge in [0, 0.05) is 6.54 Å². The van der Waals surface area contributed by atoms with Crippen LogP contribution in [-0.2, 0) is 0 Å². The largest absolute Gasteiger partial charge is 0.384 e. The highest BCUT2D eigenvalue weighted by atomic mass is 15.3. The molecular weight excluding hydrogens is 202 g/mol. The lowest BCUT2D eigenvalue weighted by molar-refractivity contribution is 0.829. The molecule has 0 unspecified atom stereocenters. The second-order valence-corrected chi connectivity index (χ2v) is 3.53. The first-order valence-electron chi connectivity index (χ1n) is 5.45. The highest BCUT2D eigenvalue weighted by Gasteiger charge is 1.98. The summed E-state index contributed by atoms with van der Waals surface area (Å²) in [5.41, 5.74) is 1.04. The van der Waals surface area contributed by atoms with Crippen molar-refractivity contribution in [3.05, 3.63) is 31.0 Å². The average Bonchev–Trinajstić information content (AvgIpc) is 2.84. The van der Waals surface area contributed by atoms with Crippen molar-refractivity contribution in [2.45, 2.75) is 19.8 Å². The molecular formula is C11H15N5. The topological polar surface area (TPSA) is 55.6 Å². The molecule has 0 fully saturated rings. The van der Waals surface area contributed by atoms with Crippen molar-refractivity contribution in [1.29, 1.82) is 0 Å². The summed E-state index contributed by atoms with van der Waals surface area (Å²) in [6.45, 7) is 3.16. The Morgan fingerprint density at radius 1 is 1.38 bits per heavy atom. The lowest BCUT2D eigenvalue weighted by atomic mass is 10.3.